The molecule has 4 heteroatoms. The minimum absolute atomic E-state index is 0.0642. The van der Waals surface area contributed by atoms with Gasteiger partial charge < -0.3 is 5.32 Å². The van der Waals surface area contributed by atoms with Gasteiger partial charge in [0.25, 0.3) is 5.91 Å². The van der Waals surface area contributed by atoms with Crippen LogP contribution in [0.25, 0.3) is 0 Å². The molecule has 1 amide bonds. The number of benzene rings is 2. The highest BCUT2D eigenvalue weighted by Crippen LogP contribution is 2.15. The number of hydrogen-bond acceptors (Lipinski definition) is 3. The van der Waals surface area contributed by atoms with E-state index in [4.69, 9.17) is 0 Å². The second kappa shape index (κ2) is 9.50. The van der Waals surface area contributed by atoms with Crippen LogP contribution in [0.15, 0.2) is 48.5 Å². The van der Waals surface area contributed by atoms with Crippen LogP contribution in [0.4, 0.5) is 5.69 Å². The number of hydrogen-bond donors (Lipinski definition) is 1. The van der Waals surface area contributed by atoms with E-state index in [2.05, 4.69) is 42.5 Å². The summed E-state index contributed by atoms with van der Waals surface area (Å²) in [7, 11) is 0. The molecular formula is C20H26N2OS. The first-order valence-electron chi connectivity index (χ1n) is 8.36. The standard InChI is InChI=1S/C20H26N2OS/c1-4-22(5-2)14-17-7-6-8-19(13-17)21-20(23)18-11-9-16(10-12-18)15-24-3/h6-13H,4-5,14-15H2,1-3H3,(H,21,23). The van der Waals surface area contributed by atoms with Crippen LogP contribution in [0.2, 0.25) is 0 Å². The van der Waals surface area contributed by atoms with E-state index in [0.29, 0.717) is 5.56 Å². The summed E-state index contributed by atoms with van der Waals surface area (Å²) in [5.41, 5.74) is 3.99. The van der Waals surface area contributed by atoms with Gasteiger partial charge in [-0.2, -0.15) is 11.8 Å². The van der Waals surface area contributed by atoms with Gasteiger partial charge in [-0.05, 0) is 54.7 Å². The lowest BCUT2D eigenvalue weighted by atomic mass is 10.1. The molecule has 0 fully saturated rings. The summed E-state index contributed by atoms with van der Waals surface area (Å²) in [5.74, 6) is 0.903. The summed E-state index contributed by atoms with van der Waals surface area (Å²) in [6.45, 7) is 7.27. The summed E-state index contributed by atoms with van der Waals surface area (Å²) in [4.78, 5) is 14.8. The Morgan fingerprint density at radius 3 is 2.38 bits per heavy atom. The average Bonchev–Trinajstić information content (AvgIpc) is 2.61. The van der Waals surface area contributed by atoms with E-state index in [-0.39, 0.29) is 5.91 Å². The predicted octanol–water partition coefficient (Wildman–Crippen LogP) is 4.64. The van der Waals surface area contributed by atoms with Crippen LogP contribution in [-0.4, -0.2) is 30.2 Å². The quantitative estimate of drug-likeness (QED) is 0.758. The lowest BCUT2D eigenvalue weighted by Gasteiger charge is -2.18. The minimum Gasteiger partial charge on any atom is -0.322 e. The fraction of sp³-hybridized carbons (Fsp3) is 0.350. The topological polar surface area (TPSA) is 32.3 Å². The molecular weight excluding hydrogens is 316 g/mol. The van der Waals surface area contributed by atoms with Gasteiger partial charge in [0.05, 0.1) is 0 Å². The normalized spacial score (nSPS) is 10.8. The molecule has 128 valence electrons. The molecule has 0 aliphatic heterocycles. The zero-order valence-corrected chi connectivity index (χ0v) is 15.5. The molecule has 0 radical (unpaired) electrons. The number of thioether (sulfide) groups is 1. The largest absolute Gasteiger partial charge is 0.322 e. The van der Waals surface area contributed by atoms with E-state index in [1.807, 2.05) is 36.4 Å². The number of amides is 1. The van der Waals surface area contributed by atoms with Crippen molar-refractivity contribution in [1.29, 1.82) is 0 Å². The lowest BCUT2D eigenvalue weighted by molar-refractivity contribution is 0.102. The van der Waals surface area contributed by atoms with Gasteiger partial charge in [-0.1, -0.05) is 38.1 Å². The molecule has 0 saturated heterocycles. The van der Waals surface area contributed by atoms with E-state index in [1.165, 1.54) is 11.1 Å². The highest BCUT2D eigenvalue weighted by atomic mass is 32.2. The van der Waals surface area contributed by atoms with Crippen molar-refractivity contribution < 1.29 is 4.79 Å². The molecule has 1 N–H and O–H groups in total. The molecule has 0 spiro atoms. The van der Waals surface area contributed by atoms with Crippen molar-refractivity contribution in [2.24, 2.45) is 0 Å². The summed E-state index contributed by atoms with van der Waals surface area (Å²) in [5, 5.41) is 3.00. The van der Waals surface area contributed by atoms with E-state index in [1.54, 1.807) is 11.8 Å². The first kappa shape index (κ1) is 18.6. The fourth-order valence-corrected chi connectivity index (χ4v) is 3.10. The van der Waals surface area contributed by atoms with Gasteiger partial charge in [0.15, 0.2) is 0 Å². The van der Waals surface area contributed by atoms with E-state index in [0.717, 1.165) is 31.1 Å². The van der Waals surface area contributed by atoms with Crippen molar-refractivity contribution in [3.8, 4) is 0 Å². The predicted molar refractivity (Wildman–Crippen MR) is 105 cm³/mol. The first-order valence-corrected chi connectivity index (χ1v) is 9.76. The SMILES string of the molecule is CCN(CC)Cc1cccc(NC(=O)c2ccc(CSC)cc2)c1. The van der Waals surface area contributed by atoms with Crippen LogP contribution < -0.4 is 5.32 Å². The van der Waals surface area contributed by atoms with Gasteiger partial charge in [0, 0.05) is 23.5 Å². The average molecular weight is 343 g/mol. The van der Waals surface area contributed by atoms with Crippen molar-refractivity contribution in [1.82, 2.24) is 4.90 Å². The Morgan fingerprint density at radius 2 is 1.75 bits per heavy atom. The van der Waals surface area contributed by atoms with Crippen molar-refractivity contribution >= 4 is 23.4 Å². The third kappa shape index (κ3) is 5.39. The Kier molecular flexibility index (Phi) is 7.35. The Hall–Kier alpha value is -1.78. The molecule has 0 unspecified atom stereocenters. The molecule has 0 atom stereocenters. The second-order valence-corrected chi connectivity index (χ2v) is 6.61. The third-order valence-electron chi connectivity index (χ3n) is 4.01. The van der Waals surface area contributed by atoms with Crippen LogP contribution in [0, 0.1) is 0 Å². The number of anilines is 1. The van der Waals surface area contributed by atoms with E-state index < -0.39 is 0 Å². The maximum absolute atomic E-state index is 12.4. The molecule has 2 aromatic carbocycles. The van der Waals surface area contributed by atoms with E-state index in [9.17, 15) is 4.79 Å². The molecule has 0 aliphatic carbocycles. The van der Waals surface area contributed by atoms with Crippen LogP contribution >= 0.6 is 11.8 Å². The number of carbonyl (C=O) groups excluding carboxylic acids is 1. The lowest BCUT2D eigenvalue weighted by Crippen LogP contribution is -2.22. The van der Waals surface area contributed by atoms with Crippen molar-refractivity contribution in [3.05, 3.63) is 65.2 Å². The molecule has 2 rings (SSSR count). The number of carbonyl (C=O) groups is 1. The fourth-order valence-electron chi connectivity index (χ4n) is 2.58. The molecule has 0 aromatic heterocycles. The Balaban J connectivity index is 2.03. The summed E-state index contributed by atoms with van der Waals surface area (Å²) in [6, 6.07) is 15.9. The highest BCUT2D eigenvalue weighted by Gasteiger charge is 2.07. The summed E-state index contributed by atoms with van der Waals surface area (Å²) >= 11 is 1.78. The summed E-state index contributed by atoms with van der Waals surface area (Å²) < 4.78 is 0. The van der Waals surface area contributed by atoms with Gasteiger partial charge in [-0.25, -0.2) is 0 Å². The van der Waals surface area contributed by atoms with Crippen molar-refractivity contribution in [2.45, 2.75) is 26.1 Å². The molecule has 3 nitrogen and oxygen atoms in total. The Labute approximate surface area is 149 Å². The molecule has 0 aliphatic rings. The number of rotatable bonds is 8. The zero-order valence-electron chi connectivity index (χ0n) is 14.7. The van der Waals surface area contributed by atoms with Crippen molar-refractivity contribution in [2.75, 3.05) is 24.7 Å². The third-order valence-corrected chi connectivity index (χ3v) is 4.63. The molecule has 24 heavy (non-hydrogen) atoms. The maximum atomic E-state index is 12.4. The molecule has 2 aromatic rings. The zero-order chi connectivity index (χ0) is 17.4. The minimum atomic E-state index is -0.0642. The smallest absolute Gasteiger partial charge is 0.255 e. The van der Waals surface area contributed by atoms with Gasteiger partial charge in [0.2, 0.25) is 0 Å². The number of nitrogens with zero attached hydrogens (tertiary/aromatic N) is 1. The first-order chi connectivity index (χ1) is 11.7. The Morgan fingerprint density at radius 1 is 1.04 bits per heavy atom. The van der Waals surface area contributed by atoms with Gasteiger partial charge >= 0.3 is 0 Å². The van der Waals surface area contributed by atoms with Crippen LogP contribution in [0.5, 0.6) is 0 Å². The van der Waals surface area contributed by atoms with Crippen molar-refractivity contribution in [3.63, 3.8) is 0 Å². The monoisotopic (exact) mass is 342 g/mol. The van der Waals surface area contributed by atoms with Crippen LogP contribution in [0.1, 0.15) is 35.3 Å². The second-order valence-electron chi connectivity index (χ2n) is 5.75. The van der Waals surface area contributed by atoms with Crippen LogP contribution in [0.3, 0.4) is 0 Å². The Bertz CT molecular complexity index is 651. The van der Waals surface area contributed by atoms with Gasteiger partial charge in [-0.15, -0.1) is 0 Å². The van der Waals surface area contributed by atoms with Crippen LogP contribution in [-0.2, 0) is 12.3 Å². The summed E-state index contributed by atoms with van der Waals surface area (Å²) in [6.07, 6.45) is 2.08. The van der Waals surface area contributed by atoms with Gasteiger partial charge in [0.1, 0.15) is 0 Å². The van der Waals surface area contributed by atoms with Gasteiger partial charge in [-0.3, -0.25) is 9.69 Å². The maximum Gasteiger partial charge on any atom is 0.255 e. The highest BCUT2D eigenvalue weighted by molar-refractivity contribution is 7.97. The molecule has 0 bridgehead atoms. The number of nitrogens with one attached hydrogen (secondary N) is 1. The molecule has 0 saturated carbocycles. The van der Waals surface area contributed by atoms with E-state index >= 15 is 0 Å². The molecule has 0 heterocycles.